The Kier molecular flexibility index (Phi) is 10.1. The Labute approximate surface area is 197 Å². The standard InChI is InChI=1S/C22H36N4O3.HI/c1-4-23-22(25-10-6-12-29-14-15(2)3)24-9-5-11-26-20(27)18-16-7-8-17(13-16)19(18)21(26)28;/h7-8,15-19H,4-6,9-14H2,1-3H3,(H2,23,24,25);1H. The van der Waals surface area contributed by atoms with Crippen molar-refractivity contribution >= 4 is 41.8 Å². The minimum atomic E-state index is -0.0992. The van der Waals surface area contributed by atoms with E-state index in [1.54, 1.807) is 0 Å². The molecule has 3 rings (SSSR count). The van der Waals surface area contributed by atoms with Crippen molar-refractivity contribution < 1.29 is 14.3 Å². The third-order valence-electron chi connectivity index (χ3n) is 5.92. The number of carbonyl (C=O) groups is 2. The smallest absolute Gasteiger partial charge is 0.233 e. The summed E-state index contributed by atoms with van der Waals surface area (Å²) < 4.78 is 5.59. The monoisotopic (exact) mass is 532 g/mol. The van der Waals surface area contributed by atoms with Crippen molar-refractivity contribution in [2.45, 2.75) is 40.0 Å². The lowest BCUT2D eigenvalue weighted by Gasteiger charge is -2.17. The SMILES string of the molecule is CCNC(=NCCCN1C(=O)C2C3C=CC(C3)C2C1=O)NCCCOCC(C)C.I. The first-order chi connectivity index (χ1) is 14.0. The molecule has 1 saturated carbocycles. The number of guanidine groups is 1. The summed E-state index contributed by atoms with van der Waals surface area (Å²) in [7, 11) is 0. The number of halogens is 1. The van der Waals surface area contributed by atoms with Gasteiger partial charge in [-0.1, -0.05) is 26.0 Å². The Morgan fingerprint density at radius 2 is 1.83 bits per heavy atom. The van der Waals surface area contributed by atoms with Gasteiger partial charge in [0.15, 0.2) is 5.96 Å². The van der Waals surface area contributed by atoms with E-state index < -0.39 is 0 Å². The van der Waals surface area contributed by atoms with Crippen LogP contribution >= 0.6 is 24.0 Å². The van der Waals surface area contributed by atoms with Crippen LogP contribution in [0.4, 0.5) is 0 Å². The van der Waals surface area contributed by atoms with E-state index in [0.717, 1.165) is 45.1 Å². The molecule has 30 heavy (non-hydrogen) atoms. The van der Waals surface area contributed by atoms with Gasteiger partial charge >= 0.3 is 0 Å². The Balaban J connectivity index is 0.00000320. The van der Waals surface area contributed by atoms with Crippen LogP contribution in [0.1, 0.15) is 40.0 Å². The molecule has 0 aromatic carbocycles. The van der Waals surface area contributed by atoms with E-state index in [9.17, 15) is 9.59 Å². The number of imide groups is 1. The fourth-order valence-corrected chi connectivity index (χ4v) is 4.65. The molecule has 1 heterocycles. The van der Waals surface area contributed by atoms with Crippen LogP contribution in [0.2, 0.25) is 0 Å². The van der Waals surface area contributed by atoms with Crippen molar-refractivity contribution in [3.8, 4) is 0 Å². The van der Waals surface area contributed by atoms with Gasteiger partial charge in [-0.25, -0.2) is 0 Å². The van der Waals surface area contributed by atoms with E-state index in [1.807, 2.05) is 6.92 Å². The molecule has 2 N–H and O–H groups in total. The van der Waals surface area contributed by atoms with Gasteiger partial charge in [-0.05, 0) is 43.9 Å². The van der Waals surface area contributed by atoms with Crippen LogP contribution in [0.15, 0.2) is 17.1 Å². The fourth-order valence-electron chi connectivity index (χ4n) is 4.65. The van der Waals surface area contributed by atoms with E-state index >= 15 is 0 Å². The molecule has 7 nitrogen and oxygen atoms in total. The van der Waals surface area contributed by atoms with Crippen molar-refractivity contribution in [3.63, 3.8) is 0 Å². The minimum Gasteiger partial charge on any atom is -0.381 e. The van der Waals surface area contributed by atoms with Gasteiger partial charge < -0.3 is 15.4 Å². The van der Waals surface area contributed by atoms with Crippen LogP contribution in [-0.2, 0) is 14.3 Å². The summed E-state index contributed by atoms with van der Waals surface area (Å²) >= 11 is 0. The molecule has 3 aliphatic rings. The number of carbonyl (C=O) groups excluding carboxylic acids is 2. The zero-order valence-corrected chi connectivity index (χ0v) is 20.8. The van der Waals surface area contributed by atoms with Crippen molar-refractivity contribution in [1.29, 1.82) is 0 Å². The van der Waals surface area contributed by atoms with Gasteiger partial charge in [0, 0.05) is 39.4 Å². The molecule has 170 valence electrons. The maximum absolute atomic E-state index is 12.7. The van der Waals surface area contributed by atoms with Crippen molar-refractivity contribution in [2.75, 3.05) is 39.4 Å². The fraction of sp³-hybridized carbons (Fsp3) is 0.773. The van der Waals surface area contributed by atoms with Crippen molar-refractivity contribution in [1.82, 2.24) is 15.5 Å². The van der Waals surface area contributed by atoms with E-state index in [1.165, 1.54) is 4.90 Å². The first-order valence-electron chi connectivity index (χ1n) is 11.2. The predicted octanol–water partition coefficient (Wildman–Crippen LogP) is 2.42. The highest BCUT2D eigenvalue weighted by Gasteiger charge is 2.58. The Bertz CT molecular complexity index is 622. The highest BCUT2D eigenvalue weighted by atomic mass is 127. The Hall–Kier alpha value is -1.16. The van der Waals surface area contributed by atoms with Gasteiger partial charge in [0.1, 0.15) is 0 Å². The van der Waals surface area contributed by atoms with Gasteiger partial charge in [0.25, 0.3) is 0 Å². The number of amides is 2. The summed E-state index contributed by atoms with van der Waals surface area (Å²) in [6, 6.07) is 0. The molecular weight excluding hydrogens is 495 g/mol. The molecule has 4 unspecified atom stereocenters. The summed E-state index contributed by atoms with van der Waals surface area (Å²) in [4.78, 5) is 31.4. The molecule has 0 spiro atoms. The molecule has 1 saturated heterocycles. The summed E-state index contributed by atoms with van der Waals surface area (Å²) in [5.41, 5.74) is 0. The summed E-state index contributed by atoms with van der Waals surface area (Å²) in [5.74, 6) is 1.75. The number of aliphatic imine (C=N–C) groups is 1. The van der Waals surface area contributed by atoms with E-state index in [0.29, 0.717) is 25.4 Å². The number of rotatable bonds is 11. The minimum absolute atomic E-state index is 0. The molecule has 4 atom stereocenters. The number of likely N-dealkylation sites (tertiary alicyclic amines) is 1. The van der Waals surface area contributed by atoms with Crippen molar-refractivity contribution in [2.24, 2.45) is 34.6 Å². The number of hydrogen-bond donors (Lipinski definition) is 2. The predicted molar refractivity (Wildman–Crippen MR) is 129 cm³/mol. The highest BCUT2D eigenvalue weighted by Crippen LogP contribution is 2.52. The summed E-state index contributed by atoms with van der Waals surface area (Å²) in [6.07, 6.45) is 6.85. The number of ether oxygens (including phenoxy) is 1. The molecular formula is C22H37IN4O3. The number of fused-ring (bicyclic) bond motifs is 5. The molecule has 2 bridgehead atoms. The van der Waals surface area contributed by atoms with E-state index in [-0.39, 0.29) is 59.5 Å². The average molecular weight is 532 g/mol. The quantitative estimate of drug-likeness (QED) is 0.107. The zero-order chi connectivity index (χ0) is 20.8. The lowest BCUT2D eigenvalue weighted by atomic mass is 9.85. The van der Waals surface area contributed by atoms with E-state index in [2.05, 4.69) is 41.6 Å². The van der Waals surface area contributed by atoms with Crippen LogP contribution in [0, 0.1) is 29.6 Å². The summed E-state index contributed by atoms with van der Waals surface area (Å²) in [6.45, 7) is 10.5. The molecule has 1 aliphatic heterocycles. The first kappa shape index (κ1) is 25.1. The van der Waals surface area contributed by atoms with Crippen LogP contribution < -0.4 is 10.6 Å². The lowest BCUT2D eigenvalue weighted by Crippen LogP contribution is -2.38. The van der Waals surface area contributed by atoms with Crippen LogP contribution in [0.5, 0.6) is 0 Å². The van der Waals surface area contributed by atoms with Crippen LogP contribution in [0.25, 0.3) is 0 Å². The van der Waals surface area contributed by atoms with Gasteiger partial charge in [-0.3, -0.25) is 19.5 Å². The number of nitrogens with one attached hydrogen (secondary N) is 2. The number of allylic oxidation sites excluding steroid dienone is 2. The van der Waals surface area contributed by atoms with E-state index in [4.69, 9.17) is 4.74 Å². The molecule has 0 aromatic rings. The maximum Gasteiger partial charge on any atom is 0.233 e. The molecule has 0 aromatic heterocycles. The lowest BCUT2D eigenvalue weighted by molar-refractivity contribution is -0.140. The third kappa shape index (κ3) is 5.96. The van der Waals surface area contributed by atoms with Gasteiger partial charge in [0.05, 0.1) is 11.8 Å². The largest absolute Gasteiger partial charge is 0.381 e. The van der Waals surface area contributed by atoms with Crippen LogP contribution in [0.3, 0.4) is 0 Å². The first-order valence-corrected chi connectivity index (χ1v) is 11.2. The second kappa shape index (κ2) is 12.0. The Morgan fingerprint density at radius 3 is 2.43 bits per heavy atom. The zero-order valence-electron chi connectivity index (χ0n) is 18.4. The topological polar surface area (TPSA) is 83.0 Å². The Morgan fingerprint density at radius 1 is 1.17 bits per heavy atom. The number of hydrogen-bond acceptors (Lipinski definition) is 4. The van der Waals surface area contributed by atoms with Crippen LogP contribution in [-0.4, -0.2) is 62.1 Å². The normalized spacial score (nSPS) is 27.1. The van der Waals surface area contributed by atoms with Crippen molar-refractivity contribution in [3.05, 3.63) is 12.2 Å². The highest BCUT2D eigenvalue weighted by molar-refractivity contribution is 14.0. The second-order valence-electron chi connectivity index (χ2n) is 8.69. The maximum atomic E-state index is 12.7. The second-order valence-corrected chi connectivity index (χ2v) is 8.69. The van der Waals surface area contributed by atoms with Gasteiger partial charge in [-0.15, -0.1) is 24.0 Å². The summed E-state index contributed by atoms with van der Waals surface area (Å²) in [5, 5.41) is 6.54. The third-order valence-corrected chi connectivity index (χ3v) is 5.92. The van der Waals surface area contributed by atoms with Gasteiger partial charge in [0.2, 0.25) is 11.8 Å². The molecule has 2 amide bonds. The molecule has 8 heteroatoms. The number of nitrogens with zero attached hydrogens (tertiary/aromatic N) is 2. The molecule has 2 aliphatic carbocycles. The average Bonchev–Trinajstić information content (AvgIpc) is 3.36. The molecule has 2 fully saturated rings. The van der Waals surface area contributed by atoms with Gasteiger partial charge in [-0.2, -0.15) is 0 Å². The molecule has 0 radical (unpaired) electrons.